The van der Waals surface area contributed by atoms with Crippen molar-refractivity contribution in [2.75, 3.05) is 6.61 Å². The number of aryl methyl sites for hydroxylation is 1. The summed E-state index contributed by atoms with van der Waals surface area (Å²) >= 11 is 0. The van der Waals surface area contributed by atoms with Crippen molar-refractivity contribution < 1.29 is 77.5 Å². The summed E-state index contributed by atoms with van der Waals surface area (Å²) in [6.07, 6.45) is 8.24. The first-order chi connectivity index (χ1) is 40.9. The van der Waals surface area contributed by atoms with Crippen molar-refractivity contribution in [2.45, 2.75) is 150 Å². The van der Waals surface area contributed by atoms with Gasteiger partial charge in [-0.2, -0.15) is 0 Å². The van der Waals surface area contributed by atoms with E-state index in [-0.39, 0.29) is 109 Å². The van der Waals surface area contributed by atoms with Gasteiger partial charge in [0, 0.05) is 36.1 Å². The molecule has 6 aromatic carbocycles. The van der Waals surface area contributed by atoms with Crippen LogP contribution in [0.15, 0.2) is 150 Å². The van der Waals surface area contributed by atoms with Gasteiger partial charge in [-0.05, 0) is 211 Å². The Hall–Kier alpha value is -5.96. The van der Waals surface area contributed by atoms with Crippen LogP contribution in [-0.4, -0.2) is 68.0 Å². The van der Waals surface area contributed by atoms with Crippen LogP contribution in [0.1, 0.15) is 163 Å². The summed E-state index contributed by atoms with van der Waals surface area (Å²) in [6, 6.07) is 42.5. The third kappa shape index (κ3) is 13.0. The predicted molar refractivity (Wildman–Crippen MR) is 326 cm³/mol. The zero-order valence-corrected chi connectivity index (χ0v) is 52.0. The van der Waals surface area contributed by atoms with Gasteiger partial charge in [-0.1, -0.05) is 122 Å². The number of nitrogens with zero attached hydrogens (tertiary/aromatic N) is 1. The molecule has 2 fully saturated rings. The molecule has 1 saturated carbocycles. The van der Waals surface area contributed by atoms with E-state index >= 15 is 0 Å². The minimum Gasteiger partial charge on any atom is -0.748 e. The molecule has 6 aromatic rings. The van der Waals surface area contributed by atoms with Crippen molar-refractivity contribution in [3.8, 4) is 29.1 Å². The van der Waals surface area contributed by atoms with Gasteiger partial charge >= 0.3 is 29.6 Å². The predicted octanol–water partition coefficient (Wildman–Crippen LogP) is 7.94. The molecule has 5 aliphatic heterocycles. The Morgan fingerprint density at radius 1 is 0.837 bits per heavy atom. The number of benzene rings is 6. The summed E-state index contributed by atoms with van der Waals surface area (Å²) in [5.41, 5.74) is 20.8. The molecule has 1 saturated heterocycles. The number of allylic oxidation sites excluding steroid dienone is 1. The number of aliphatic imine (C=N–C) groups is 1. The summed E-state index contributed by atoms with van der Waals surface area (Å²) in [4.78, 5) is 5.16. The van der Waals surface area contributed by atoms with Crippen molar-refractivity contribution >= 4 is 16.1 Å². The van der Waals surface area contributed by atoms with Gasteiger partial charge in [0.2, 0.25) is 5.72 Å². The van der Waals surface area contributed by atoms with Gasteiger partial charge in [0.05, 0.1) is 33.7 Å². The van der Waals surface area contributed by atoms with Crippen LogP contribution in [0.3, 0.4) is 0 Å². The maximum absolute atomic E-state index is 14.4. The van der Waals surface area contributed by atoms with Crippen molar-refractivity contribution in [1.82, 2.24) is 0 Å². The third-order valence-corrected chi connectivity index (χ3v) is 21.3. The van der Waals surface area contributed by atoms with Crippen LogP contribution in [0, 0.1) is 41.4 Å². The van der Waals surface area contributed by atoms with Gasteiger partial charge in [-0.3, -0.25) is 0 Å². The van der Waals surface area contributed by atoms with Crippen molar-refractivity contribution in [3.05, 3.63) is 206 Å². The van der Waals surface area contributed by atoms with Crippen LogP contribution in [-0.2, 0) is 46.4 Å². The number of phenolic OH excluding ortho intramolecular Hbond substituents is 2. The average molecular weight is 1190 g/mol. The van der Waals surface area contributed by atoms with Crippen LogP contribution >= 0.6 is 0 Å². The first kappa shape index (κ1) is 61.7. The Morgan fingerprint density at radius 2 is 1.60 bits per heavy atom. The Labute approximate surface area is 528 Å². The molecule has 0 radical (unpaired) electrons. The van der Waals surface area contributed by atoms with E-state index in [9.17, 15) is 38.5 Å². The van der Waals surface area contributed by atoms with Crippen molar-refractivity contribution in [1.29, 1.82) is 0 Å². The molecular formula is C71H78N3NaO10S. The molecular weight excluding hydrogens is 1110 g/mol. The van der Waals surface area contributed by atoms with E-state index in [1.807, 2.05) is 91.0 Å². The molecule has 13 atom stereocenters. The Kier molecular flexibility index (Phi) is 18.4. The average Bonchev–Trinajstić information content (AvgIpc) is 2.45. The van der Waals surface area contributed by atoms with E-state index in [4.69, 9.17) is 25.9 Å². The van der Waals surface area contributed by atoms with Crippen molar-refractivity contribution in [2.24, 2.45) is 46.0 Å². The molecule has 9 N–H and O–H groups in total. The summed E-state index contributed by atoms with van der Waals surface area (Å²) in [7, 11) is -4.97. The second-order valence-electron chi connectivity index (χ2n) is 25.6. The van der Waals surface area contributed by atoms with Gasteiger partial charge in [-0.25, -0.2) is 13.4 Å². The smallest absolute Gasteiger partial charge is 0.748 e. The minimum atomic E-state index is -4.97. The molecule has 0 aromatic heterocycles. The van der Waals surface area contributed by atoms with Crippen LogP contribution < -0.4 is 45.8 Å². The molecule has 8 aliphatic rings. The molecule has 14 rings (SSSR count). The fourth-order valence-corrected chi connectivity index (χ4v) is 17.0. The number of guanidine groups is 1. The number of hydrogen-bond donors (Lipinski definition) is 7. The normalized spacial score (nSPS) is 28.8. The number of nitrogens with two attached hydrogens (primary N) is 2. The van der Waals surface area contributed by atoms with E-state index in [0.717, 1.165) is 74.9 Å². The zero-order chi connectivity index (χ0) is 59.2. The monoisotopic (exact) mass is 1190 g/mol. The molecule has 444 valence electrons. The standard InChI is InChI=1S/C71H79N3O10S.Na/c1-43-15-16-50-35-60-24-26-62(50)64(43)38-66(85(80,81)82)65-37-55-33-54(36-61-31-46(41-75)11-5-12-49-34-59(78)23-25-63(49)68(55)83-61)67(65)47-19-21-56(22-20-47)71(84-60,74-69(72)73)40-57(29-44-8-3-2-4-9-44)70(79)27-7-13-51(39-70)48-17-18-52(42-76)53(32-48)28-45-10-6-14-58(77)30-45;/h2-4,6,8-10,14,17-26,30,32,34-35,37,43,46,51,54,57,61,64-68,75-79H,7,11,13,15-16,27-29,31,33,36,38-42H2,1H3,(H4,72,73,74)(H,80,81,82);/q;+1/p-1/t43-,46+,51+,54-,57+,61-,64+,65-,66-,67+,68-,70-,71+;/m1./s1. The van der Waals surface area contributed by atoms with Crippen LogP contribution in [0.4, 0.5) is 0 Å². The Balaban J connectivity index is 0.00000768. The third-order valence-electron chi connectivity index (χ3n) is 20.1. The molecule has 5 heterocycles. The number of phenols is 2. The molecule has 10 bridgehead atoms. The number of aliphatic hydroxyl groups is 3. The number of aliphatic hydroxyl groups excluding tert-OH is 2. The van der Waals surface area contributed by atoms with Gasteiger partial charge in [0.15, 0.2) is 5.96 Å². The minimum absolute atomic E-state index is 0. The first-order valence-corrected chi connectivity index (χ1v) is 31.9. The van der Waals surface area contributed by atoms with Gasteiger partial charge in [0.1, 0.15) is 23.4 Å². The summed E-state index contributed by atoms with van der Waals surface area (Å²) in [6.45, 7) is 1.91. The number of rotatable bonds is 12. The van der Waals surface area contributed by atoms with Crippen LogP contribution in [0.25, 0.3) is 0 Å². The molecule has 0 unspecified atom stereocenters. The number of hydrogen-bond acceptors (Lipinski definition) is 11. The second-order valence-corrected chi connectivity index (χ2v) is 27.2. The van der Waals surface area contributed by atoms with Gasteiger partial charge in [0.25, 0.3) is 0 Å². The zero-order valence-electron chi connectivity index (χ0n) is 49.2. The van der Waals surface area contributed by atoms with E-state index < -0.39 is 50.6 Å². The van der Waals surface area contributed by atoms with Gasteiger partial charge in [-0.15, -0.1) is 0 Å². The summed E-state index contributed by atoms with van der Waals surface area (Å²) < 4.78 is 57.8. The molecule has 13 nitrogen and oxygen atoms in total. The second kappa shape index (κ2) is 25.6. The maximum Gasteiger partial charge on any atom is 1.00 e. The number of ether oxygens (including phenoxy) is 2. The van der Waals surface area contributed by atoms with Crippen molar-refractivity contribution in [3.63, 3.8) is 0 Å². The van der Waals surface area contributed by atoms with Gasteiger partial charge < -0.3 is 51.0 Å². The summed E-state index contributed by atoms with van der Waals surface area (Å²) in [5, 5.41) is 54.7. The summed E-state index contributed by atoms with van der Waals surface area (Å²) in [5.74, 6) is 4.65. The molecule has 0 spiro atoms. The maximum atomic E-state index is 14.4. The largest absolute Gasteiger partial charge is 1.00 e. The fraction of sp³-hybridized carbons (Fsp3) is 0.423. The van der Waals surface area contributed by atoms with E-state index in [1.54, 1.807) is 24.3 Å². The van der Waals surface area contributed by atoms with E-state index in [1.165, 1.54) is 0 Å². The molecule has 0 amide bonds. The first-order valence-electron chi connectivity index (χ1n) is 30.5. The number of fused-ring (bicyclic) bond motifs is 9. The number of aromatic hydroxyl groups is 2. The van der Waals surface area contributed by atoms with E-state index in [2.05, 4.69) is 43.0 Å². The SMILES string of the molecule is C[C@@H]1CCc2cc3ccc2[C@H]1C[C@@H](S(=O)(=O)[O-])[C@H]1C=C2C[C@H](C[C@H]4C[C@@H](CO)CC#Cc5cc(O)ccc5[C@@H]2O4)[C@@H]1c1ccc(cc1)[C@@](C[C@H](Cc1ccccc1)[C@@]1(O)CCC[C@H](c2ccc(CO)c(Cc4cccc(O)c4)c2)C1)(N=C(N)N)O3.[Na+]. The van der Waals surface area contributed by atoms with Crippen LogP contribution in [0.2, 0.25) is 0 Å². The quantitative estimate of drug-likeness (QED) is 0.0154. The topological polar surface area (TPSA) is 241 Å². The fourth-order valence-electron chi connectivity index (χ4n) is 15.9. The van der Waals surface area contributed by atoms with E-state index in [0.29, 0.717) is 74.7 Å². The Morgan fingerprint density at radius 3 is 2.36 bits per heavy atom. The molecule has 3 aliphatic carbocycles. The molecule has 15 heteroatoms. The Bertz CT molecular complexity index is 3680. The molecule has 86 heavy (non-hydrogen) atoms. The van der Waals surface area contributed by atoms with Crippen LogP contribution in [0.5, 0.6) is 17.2 Å².